The van der Waals surface area contributed by atoms with Crippen molar-refractivity contribution in [3.63, 3.8) is 0 Å². The zero-order chi connectivity index (χ0) is 18.4. The number of hydrogen-bond acceptors (Lipinski definition) is 3. The second-order valence-corrected chi connectivity index (χ2v) is 7.99. The SMILES string of the molecule is O=C(N[C@H]1CC(=O)N(C2Cc3ccccc3C2)C1)c1n[nH]c2c1CCCC2. The molecule has 0 saturated carbocycles. The van der Waals surface area contributed by atoms with Gasteiger partial charge in [-0.1, -0.05) is 24.3 Å². The summed E-state index contributed by atoms with van der Waals surface area (Å²) in [6.45, 7) is 0.593. The van der Waals surface area contributed by atoms with Crippen LogP contribution in [0.1, 0.15) is 52.1 Å². The number of nitrogens with zero attached hydrogens (tertiary/aromatic N) is 2. The van der Waals surface area contributed by atoms with Crippen molar-refractivity contribution in [2.45, 2.75) is 57.0 Å². The van der Waals surface area contributed by atoms with Gasteiger partial charge in [0.2, 0.25) is 5.91 Å². The van der Waals surface area contributed by atoms with Gasteiger partial charge in [-0.05, 0) is 49.7 Å². The number of aromatic nitrogens is 2. The molecule has 2 aromatic rings. The summed E-state index contributed by atoms with van der Waals surface area (Å²) in [5.41, 5.74) is 5.35. The molecule has 140 valence electrons. The highest BCUT2D eigenvalue weighted by Gasteiger charge is 2.38. The Bertz CT molecular complexity index is 878. The van der Waals surface area contributed by atoms with E-state index in [1.54, 1.807) is 0 Å². The third kappa shape index (κ3) is 2.93. The van der Waals surface area contributed by atoms with Gasteiger partial charge < -0.3 is 10.2 Å². The Morgan fingerprint density at radius 2 is 1.85 bits per heavy atom. The van der Waals surface area contributed by atoms with Crippen molar-refractivity contribution in [3.8, 4) is 0 Å². The van der Waals surface area contributed by atoms with E-state index < -0.39 is 0 Å². The van der Waals surface area contributed by atoms with Crippen LogP contribution < -0.4 is 5.32 Å². The van der Waals surface area contributed by atoms with E-state index in [9.17, 15) is 9.59 Å². The molecule has 0 radical (unpaired) electrons. The molecule has 0 spiro atoms. The number of H-pyrrole nitrogens is 1. The summed E-state index contributed by atoms with van der Waals surface area (Å²) in [5, 5.41) is 10.3. The van der Waals surface area contributed by atoms with E-state index in [-0.39, 0.29) is 23.9 Å². The highest BCUT2D eigenvalue weighted by atomic mass is 16.2. The molecular weight excluding hydrogens is 340 g/mol. The van der Waals surface area contributed by atoms with Gasteiger partial charge in [-0.25, -0.2) is 0 Å². The summed E-state index contributed by atoms with van der Waals surface area (Å²) in [6, 6.07) is 8.49. The number of aryl methyl sites for hydroxylation is 1. The smallest absolute Gasteiger partial charge is 0.272 e. The van der Waals surface area contributed by atoms with E-state index in [4.69, 9.17) is 0 Å². The van der Waals surface area contributed by atoms with Crippen LogP contribution in [-0.4, -0.2) is 45.5 Å². The lowest BCUT2D eigenvalue weighted by molar-refractivity contribution is -0.129. The van der Waals surface area contributed by atoms with Crippen LogP contribution in [0.2, 0.25) is 0 Å². The lowest BCUT2D eigenvalue weighted by Gasteiger charge is -2.24. The fourth-order valence-electron chi connectivity index (χ4n) is 4.86. The first-order chi connectivity index (χ1) is 13.2. The standard InChI is InChI=1S/C21H24N4O2/c26-19-11-15(12-25(19)16-9-13-5-1-2-6-14(13)10-16)22-21(27)20-17-7-3-4-8-18(17)23-24-20/h1-2,5-6,15-16H,3-4,7-12H2,(H,22,27)(H,23,24)/t15-/m0/s1. The average molecular weight is 364 g/mol. The van der Waals surface area contributed by atoms with E-state index >= 15 is 0 Å². The topological polar surface area (TPSA) is 78.1 Å². The predicted octanol–water partition coefficient (Wildman–Crippen LogP) is 1.79. The van der Waals surface area contributed by atoms with Crippen LogP contribution in [0.5, 0.6) is 0 Å². The first-order valence-electron chi connectivity index (χ1n) is 9.92. The van der Waals surface area contributed by atoms with Crippen molar-refractivity contribution < 1.29 is 9.59 Å². The highest BCUT2D eigenvalue weighted by Crippen LogP contribution is 2.28. The molecular formula is C21H24N4O2. The molecule has 2 N–H and O–H groups in total. The maximum Gasteiger partial charge on any atom is 0.272 e. The lowest BCUT2D eigenvalue weighted by Crippen LogP contribution is -2.41. The zero-order valence-corrected chi connectivity index (χ0v) is 15.3. The number of likely N-dealkylation sites (tertiary alicyclic amines) is 1. The van der Waals surface area contributed by atoms with E-state index in [1.807, 2.05) is 4.90 Å². The molecule has 27 heavy (non-hydrogen) atoms. The Morgan fingerprint density at radius 3 is 2.63 bits per heavy atom. The van der Waals surface area contributed by atoms with Gasteiger partial charge in [0.15, 0.2) is 5.69 Å². The molecule has 1 fully saturated rings. The number of aromatic amines is 1. The van der Waals surface area contributed by atoms with Crippen LogP contribution in [0, 0.1) is 0 Å². The maximum atomic E-state index is 12.7. The van der Waals surface area contributed by atoms with Crippen molar-refractivity contribution in [3.05, 3.63) is 52.3 Å². The molecule has 1 aromatic carbocycles. The molecule has 2 heterocycles. The number of carbonyl (C=O) groups is 2. The third-order valence-corrected chi connectivity index (χ3v) is 6.24. The van der Waals surface area contributed by atoms with Crippen LogP contribution in [-0.2, 0) is 30.5 Å². The van der Waals surface area contributed by atoms with Gasteiger partial charge in [-0.3, -0.25) is 14.7 Å². The Balaban J connectivity index is 1.25. The summed E-state index contributed by atoms with van der Waals surface area (Å²) < 4.78 is 0. The minimum atomic E-state index is -0.149. The largest absolute Gasteiger partial charge is 0.346 e. The number of amides is 2. The van der Waals surface area contributed by atoms with Crippen molar-refractivity contribution in [2.24, 2.45) is 0 Å². The fraction of sp³-hybridized carbons (Fsp3) is 0.476. The monoisotopic (exact) mass is 364 g/mol. The summed E-state index contributed by atoms with van der Waals surface area (Å²) in [6.07, 6.45) is 6.32. The Morgan fingerprint density at radius 1 is 1.11 bits per heavy atom. The molecule has 0 unspecified atom stereocenters. The van der Waals surface area contributed by atoms with E-state index in [0.29, 0.717) is 18.7 Å². The van der Waals surface area contributed by atoms with Crippen LogP contribution in [0.25, 0.3) is 0 Å². The average Bonchev–Trinajstić information content (AvgIpc) is 3.37. The number of fused-ring (bicyclic) bond motifs is 2. The number of rotatable bonds is 3. The zero-order valence-electron chi connectivity index (χ0n) is 15.3. The fourth-order valence-corrected chi connectivity index (χ4v) is 4.86. The second kappa shape index (κ2) is 6.51. The lowest BCUT2D eigenvalue weighted by atomic mass is 9.95. The molecule has 2 aliphatic carbocycles. The summed E-state index contributed by atoms with van der Waals surface area (Å²) >= 11 is 0. The van der Waals surface area contributed by atoms with Crippen LogP contribution in [0.4, 0.5) is 0 Å². The van der Waals surface area contributed by atoms with Crippen LogP contribution in [0.15, 0.2) is 24.3 Å². The van der Waals surface area contributed by atoms with E-state index in [1.165, 1.54) is 11.1 Å². The van der Waals surface area contributed by atoms with Gasteiger partial charge in [0.05, 0.1) is 6.04 Å². The summed E-state index contributed by atoms with van der Waals surface area (Å²) in [4.78, 5) is 27.3. The van der Waals surface area contributed by atoms with Crippen LogP contribution in [0.3, 0.4) is 0 Å². The van der Waals surface area contributed by atoms with Crippen molar-refractivity contribution in [1.29, 1.82) is 0 Å². The minimum Gasteiger partial charge on any atom is -0.346 e. The number of hydrogen-bond donors (Lipinski definition) is 2. The number of benzene rings is 1. The van der Waals surface area contributed by atoms with Gasteiger partial charge in [-0.15, -0.1) is 0 Å². The Kier molecular flexibility index (Phi) is 3.99. The third-order valence-electron chi connectivity index (χ3n) is 6.24. The minimum absolute atomic E-state index is 0.135. The van der Waals surface area contributed by atoms with Gasteiger partial charge >= 0.3 is 0 Å². The summed E-state index contributed by atoms with van der Waals surface area (Å²) in [5.74, 6) is -0.00841. The molecule has 6 heteroatoms. The normalized spacial score (nSPS) is 22.0. The van der Waals surface area contributed by atoms with E-state index in [0.717, 1.165) is 49.8 Å². The second-order valence-electron chi connectivity index (χ2n) is 7.99. The molecule has 1 atom stereocenters. The molecule has 5 rings (SSSR count). The molecule has 1 aromatic heterocycles. The highest BCUT2D eigenvalue weighted by molar-refractivity contribution is 5.95. The first-order valence-corrected chi connectivity index (χ1v) is 9.92. The number of carbonyl (C=O) groups excluding carboxylic acids is 2. The first kappa shape index (κ1) is 16.5. The molecule has 6 nitrogen and oxygen atoms in total. The van der Waals surface area contributed by atoms with Crippen molar-refractivity contribution >= 4 is 11.8 Å². The molecule has 3 aliphatic rings. The molecule has 1 saturated heterocycles. The van der Waals surface area contributed by atoms with E-state index in [2.05, 4.69) is 39.8 Å². The van der Waals surface area contributed by atoms with Gasteiger partial charge in [0, 0.05) is 30.3 Å². The predicted molar refractivity (Wildman–Crippen MR) is 100 cm³/mol. The van der Waals surface area contributed by atoms with Gasteiger partial charge in [-0.2, -0.15) is 5.10 Å². The van der Waals surface area contributed by atoms with Gasteiger partial charge in [0.1, 0.15) is 0 Å². The molecule has 1 aliphatic heterocycles. The van der Waals surface area contributed by atoms with Gasteiger partial charge in [0.25, 0.3) is 5.91 Å². The van der Waals surface area contributed by atoms with Crippen molar-refractivity contribution in [2.75, 3.05) is 6.54 Å². The van der Waals surface area contributed by atoms with Crippen molar-refractivity contribution in [1.82, 2.24) is 20.4 Å². The quantitative estimate of drug-likeness (QED) is 0.872. The Labute approximate surface area is 158 Å². The number of nitrogens with one attached hydrogen (secondary N) is 2. The molecule has 0 bridgehead atoms. The summed E-state index contributed by atoms with van der Waals surface area (Å²) in [7, 11) is 0. The maximum absolute atomic E-state index is 12.7. The molecule has 2 amide bonds. The Hall–Kier alpha value is -2.63. The van der Waals surface area contributed by atoms with Crippen LogP contribution >= 0.6 is 0 Å².